The number of nitrogens with zero attached hydrogens (tertiary/aromatic N) is 2. The number of methoxy groups -OCH3 is 2. The van der Waals surface area contributed by atoms with Crippen molar-refractivity contribution in [1.29, 1.82) is 0 Å². The highest BCUT2D eigenvalue weighted by Crippen LogP contribution is 2.30. The van der Waals surface area contributed by atoms with Crippen LogP contribution in [0.2, 0.25) is 0 Å². The third-order valence-electron chi connectivity index (χ3n) is 2.97. The summed E-state index contributed by atoms with van der Waals surface area (Å²) in [5.74, 6) is 0.927. The Balaban J connectivity index is 2.29. The Hall–Kier alpha value is -2.02. The van der Waals surface area contributed by atoms with E-state index in [0.717, 1.165) is 0 Å². The fourth-order valence-electron chi connectivity index (χ4n) is 1.91. The Labute approximate surface area is 131 Å². The number of anilines is 1. The van der Waals surface area contributed by atoms with E-state index in [1.54, 1.807) is 36.2 Å². The van der Waals surface area contributed by atoms with E-state index in [4.69, 9.17) is 9.47 Å². The molecule has 2 aromatic rings. The quantitative estimate of drug-likeness (QED) is 0.897. The molecule has 1 amide bonds. The fourth-order valence-corrected chi connectivity index (χ4v) is 2.39. The molecule has 0 aliphatic heterocycles. The van der Waals surface area contributed by atoms with Crippen molar-refractivity contribution < 1.29 is 14.3 Å². The van der Waals surface area contributed by atoms with Crippen LogP contribution in [0.4, 0.5) is 5.69 Å². The first kappa shape index (κ1) is 15.4. The van der Waals surface area contributed by atoms with Gasteiger partial charge in [0.05, 0.1) is 30.6 Å². The molecule has 7 heteroatoms. The van der Waals surface area contributed by atoms with Crippen LogP contribution in [-0.2, 0) is 6.54 Å². The van der Waals surface area contributed by atoms with E-state index in [9.17, 15) is 4.79 Å². The molecule has 0 radical (unpaired) electrons. The first-order valence-corrected chi connectivity index (χ1v) is 7.14. The predicted octanol–water partition coefficient (Wildman–Crippen LogP) is 2.94. The van der Waals surface area contributed by atoms with Gasteiger partial charge in [0.1, 0.15) is 17.2 Å². The van der Waals surface area contributed by atoms with Crippen molar-refractivity contribution in [3.8, 4) is 11.5 Å². The maximum absolute atomic E-state index is 12.4. The van der Waals surface area contributed by atoms with Crippen LogP contribution in [0.15, 0.2) is 28.9 Å². The van der Waals surface area contributed by atoms with Crippen molar-refractivity contribution >= 4 is 27.5 Å². The molecule has 0 aliphatic carbocycles. The number of aryl methyl sites for hydroxylation is 1. The van der Waals surface area contributed by atoms with Gasteiger partial charge in [0.2, 0.25) is 0 Å². The summed E-state index contributed by atoms with van der Waals surface area (Å²) >= 11 is 3.33. The first-order valence-electron chi connectivity index (χ1n) is 6.35. The van der Waals surface area contributed by atoms with E-state index in [1.165, 1.54) is 7.11 Å². The van der Waals surface area contributed by atoms with E-state index in [1.807, 2.05) is 6.92 Å². The lowest BCUT2D eigenvalue weighted by atomic mass is 10.2. The molecule has 0 atom stereocenters. The van der Waals surface area contributed by atoms with E-state index in [2.05, 4.69) is 26.3 Å². The summed E-state index contributed by atoms with van der Waals surface area (Å²) in [5.41, 5.74) is 1.04. The molecule has 1 aromatic heterocycles. The van der Waals surface area contributed by atoms with Crippen LogP contribution in [0.5, 0.6) is 11.5 Å². The molecule has 1 aromatic carbocycles. The molecule has 0 saturated heterocycles. The van der Waals surface area contributed by atoms with Gasteiger partial charge in [-0.15, -0.1) is 0 Å². The topological polar surface area (TPSA) is 65.4 Å². The summed E-state index contributed by atoms with van der Waals surface area (Å²) in [6.07, 6.45) is 1.60. The second-order valence-corrected chi connectivity index (χ2v) is 5.03. The molecule has 112 valence electrons. The molecule has 21 heavy (non-hydrogen) atoms. The Morgan fingerprint density at radius 2 is 2.14 bits per heavy atom. The predicted molar refractivity (Wildman–Crippen MR) is 83.1 cm³/mol. The zero-order valence-electron chi connectivity index (χ0n) is 12.0. The maximum Gasteiger partial charge on any atom is 0.275 e. The number of rotatable bonds is 5. The summed E-state index contributed by atoms with van der Waals surface area (Å²) in [6.45, 7) is 2.53. The lowest BCUT2D eigenvalue weighted by Crippen LogP contribution is -2.18. The molecule has 2 rings (SSSR count). The highest BCUT2D eigenvalue weighted by molar-refractivity contribution is 9.10. The molecule has 0 aliphatic rings. The van der Waals surface area contributed by atoms with Crippen molar-refractivity contribution in [2.75, 3.05) is 19.5 Å². The second kappa shape index (κ2) is 6.62. The van der Waals surface area contributed by atoms with E-state index in [-0.39, 0.29) is 5.91 Å². The van der Waals surface area contributed by atoms with Gasteiger partial charge in [-0.05, 0) is 35.0 Å². The van der Waals surface area contributed by atoms with Crippen molar-refractivity contribution in [2.24, 2.45) is 0 Å². The Morgan fingerprint density at radius 3 is 2.76 bits per heavy atom. The van der Waals surface area contributed by atoms with Gasteiger partial charge in [-0.1, -0.05) is 0 Å². The van der Waals surface area contributed by atoms with Crippen molar-refractivity contribution in [3.05, 3.63) is 34.6 Å². The highest BCUT2D eigenvalue weighted by Gasteiger charge is 2.18. The van der Waals surface area contributed by atoms with Crippen molar-refractivity contribution in [1.82, 2.24) is 9.78 Å². The molecule has 0 saturated carbocycles. The van der Waals surface area contributed by atoms with Crippen LogP contribution in [0.3, 0.4) is 0 Å². The minimum Gasteiger partial charge on any atom is -0.497 e. The molecule has 1 N–H and O–H groups in total. The average molecular weight is 354 g/mol. The molecule has 0 spiro atoms. The van der Waals surface area contributed by atoms with Gasteiger partial charge in [-0.25, -0.2) is 0 Å². The molecule has 0 unspecified atom stereocenters. The van der Waals surface area contributed by atoms with Crippen LogP contribution in [0.25, 0.3) is 0 Å². The summed E-state index contributed by atoms with van der Waals surface area (Å²) in [6, 6.07) is 5.20. The number of aromatic nitrogens is 2. The lowest BCUT2D eigenvalue weighted by molar-refractivity contribution is 0.101. The second-order valence-electron chi connectivity index (χ2n) is 4.18. The van der Waals surface area contributed by atoms with Crippen LogP contribution in [0, 0.1) is 0 Å². The number of halogens is 1. The molecular weight excluding hydrogens is 338 g/mol. The normalized spacial score (nSPS) is 10.3. The van der Waals surface area contributed by atoms with Gasteiger partial charge in [0.15, 0.2) is 0 Å². The Morgan fingerprint density at radius 1 is 1.38 bits per heavy atom. The van der Waals surface area contributed by atoms with Gasteiger partial charge in [0.25, 0.3) is 5.91 Å². The zero-order chi connectivity index (χ0) is 15.4. The minimum atomic E-state index is -0.260. The van der Waals surface area contributed by atoms with E-state index in [0.29, 0.717) is 33.9 Å². The largest absolute Gasteiger partial charge is 0.497 e. The zero-order valence-corrected chi connectivity index (χ0v) is 13.6. The van der Waals surface area contributed by atoms with Crippen LogP contribution < -0.4 is 14.8 Å². The number of benzene rings is 1. The van der Waals surface area contributed by atoms with Crippen LogP contribution >= 0.6 is 15.9 Å². The van der Waals surface area contributed by atoms with E-state index >= 15 is 0 Å². The third kappa shape index (κ3) is 3.18. The summed E-state index contributed by atoms with van der Waals surface area (Å²) in [7, 11) is 3.11. The number of carbonyl (C=O) groups excluding carboxylic acids is 1. The molecular formula is C14H16BrN3O3. The summed E-state index contributed by atoms with van der Waals surface area (Å²) in [5, 5.41) is 6.94. The van der Waals surface area contributed by atoms with Gasteiger partial charge >= 0.3 is 0 Å². The van der Waals surface area contributed by atoms with Crippen LogP contribution in [0.1, 0.15) is 17.4 Å². The standard InChI is InChI=1S/C14H16BrN3O3/c1-4-18-13(10(15)8-16-18)14(19)17-11-6-5-9(20-2)7-12(11)21-3/h5-8H,4H2,1-3H3,(H,17,19). The molecule has 0 fully saturated rings. The van der Waals surface area contributed by atoms with E-state index < -0.39 is 0 Å². The lowest BCUT2D eigenvalue weighted by Gasteiger charge is -2.12. The smallest absolute Gasteiger partial charge is 0.275 e. The number of amides is 1. The van der Waals surface area contributed by atoms with Gasteiger partial charge in [-0.2, -0.15) is 5.10 Å². The number of carbonyl (C=O) groups is 1. The van der Waals surface area contributed by atoms with Crippen molar-refractivity contribution in [3.63, 3.8) is 0 Å². The first-order chi connectivity index (χ1) is 10.1. The monoisotopic (exact) mass is 353 g/mol. The van der Waals surface area contributed by atoms with Crippen molar-refractivity contribution in [2.45, 2.75) is 13.5 Å². The number of hydrogen-bond donors (Lipinski definition) is 1. The Bertz CT molecular complexity index is 655. The number of hydrogen-bond acceptors (Lipinski definition) is 4. The number of ether oxygens (including phenoxy) is 2. The van der Waals surface area contributed by atoms with Gasteiger partial charge in [0, 0.05) is 12.6 Å². The maximum atomic E-state index is 12.4. The highest BCUT2D eigenvalue weighted by atomic mass is 79.9. The van der Waals surface area contributed by atoms with Gasteiger partial charge in [-0.3, -0.25) is 9.48 Å². The SMILES string of the molecule is CCn1ncc(Br)c1C(=O)Nc1ccc(OC)cc1OC. The fraction of sp³-hybridized carbons (Fsp3) is 0.286. The molecule has 1 heterocycles. The molecule has 0 bridgehead atoms. The third-order valence-corrected chi connectivity index (χ3v) is 3.55. The van der Waals surface area contributed by atoms with Gasteiger partial charge < -0.3 is 14.8 Å². The van der Waals surface area contributed by atoms with Crippen LogP contribution in [-0.4, -0.2) is 29.9 Å². The molecule has 6 nitrogen and oxygen atoms in total. The number of nitrogens with one attached hydrogen (secondary N) is 1. The minimum absolute atomic E-state index is 0.260. The Kier molecular flexibility index (Phi) is 4.85. The summed E-state index contributed by atoms with van der Waals surface area (Å²) < 4.78 is 12.7. The average Bonchev–Trinajstić information content (AvgIpc) is 2.88. The summed E-state index contributed by atoms with van der Waals surface area (Å²) in [4.78, 5) is 12.4.